The Morgan fingerprint density at radius 3 is 1.65 bits per heavy atom. The van der Waals surface area contributed by atoms with Crippen molar-refractivity contribution in [1.82, 2.24) is 0 Å². The standard InChI is InChI=1S/C15H21O3Si.3CH3.Pt/c1-12(2)16-19(17-13(3)4,18-14(5)6)11-15-9-7-8-10-15;;;;/h7,9H,1,3,5,8,11H2,2,4,6H3;3*1H3;/q4*-1;+4. The first kappa shape index (κ1) is 29.9. The van der Waals surface area contributed by atoms with Crippen LogP contribution in [-0.4, -0.2) is 8.80 Å². The van der Waals surface area contributed by atoms with Crippen molar-refractivity contribution in [3.8, 4) is 0 Å². The van der Waals surface area contributed by atoms with Crippen molar-refractivity contribution in [3.05, 3.63) is 83.1 Å². The van der Waals surface area contributed by atoms with Crippen LogP contribution in [0.3, 0.4) is 0 Å². The summed E-state index contributed by atoms with van der Waals surface area (Å²) in [7, 11) is -3.00. The van der Waals surface area contributed by atoms with Gasteiger partial charge in [-0.05, 0) is 20.8 Å². The average molecular weight is 518 g/mol. The summed E-state index contributed by atoms with van der Waals surface area (Å²) in [4.78, 5) is 0. The molecule has 0 fully saturated rings. The predicted octanol–water partition coefficient (Wildman–Crippen LogP) is 5.61. The minimum atomic E-state index is -3.00. The Hall–Kier alpha value is -0.995. The van der Waals surface area contributed by atoms with Gasteiger partial charge in [0.1, 0.15) is 0 Å². The Labute approximate surface area is 159 Å². The molecular formula is C18H30O3PtSi. The van der Waals surface area contributed by atoms with Crippen LogP contribution in [0.5, 0.6) is 0 Å². The summed E-state index contributed by atoms with van der Waals surface area (Å²) in [5.41, 5.74) is 1.02. The monoisotopic (exact) mass is 517 g/mol. The predicted molar refractivity (Wildman–Crippen MR) is 98.0 cm³/mol. The van der Waals surface area contributed by atoms with Gasteiger partial charge in [0.25, 0.3) is 0 Å². The first-order chi connectivity index (χ1) is 8.83. The van der Waals surface area contributed by atoms with Crippen molar-refractivity contribution >= 4 is 8.80 Å². The maximum atomic E-state index is 5.81. The molecule has 0 aromatic carbocycles. The molecular weight excluding hydrogens is 487 g/mol. The molecule has 0 unspecified atom stereocenters. The summed E-state index contributed by atoms with van der Waals surface area (Å²) in [6.45, 7) is 16.6. The van der Waals surface area contributed by atoms with Crippen LogP contribution >= 0.6 is 0 Å². The minimum Gasteiger partial charge on any atom is -0.488 e. The molecule has 1 rings (SSSR count). The van der Waals surface area contributed by atoms with E-state index in [9.17, 15) is 0 Å². The summed E-state index contributed by atoms with van der Waals surface area (Å²) < 4.78 is 17.4. The molecule has 1 aliphatic carbocycles. The fraction of sp³-hybridized carbons (Fsp3) is 0.278. The van der Waals surface area contributed by atoms with E-state index in [1.165, 1.54) is 0 Å². The molecule has 134 valence electrons. The molecule has 0 aromatic heterocycles. The molecule has 0 spiro atoms. The van der Waals surface area contributed by atoms with Gasteiger partial charge in [-0.1, -0.05) is 19.7 Å². The third kappa shape index (κ3) is 11.2. The fourth-order valence-electron chi connectivity index (χ4n) is 1.77. The van der Waals surface area contributed by atoms with Gasteiger partial charge in [-0.3, -0.25) is 6.08 Å². The third-order valence-corrected chi connectivity index (χ3v) is 4.95. The molecule has 0 N–H and O–H groups in total. The molecule has 0 saturated carbocycles. The maximum Gasteiger partial charge on any atom is 4.00 e. The molecule has 0 atom stereocenters. The fourth-order valence-corrected chi connectivity index (χ4v) is 4.42. The van der Waals surface area contributed by atoms with Gasteiger partial charge in [0.15, 0.2) is 0 Å². The Morgan fingerprint density at radius 1 is 1.00 bits per heavy atom. The molecule has 0 bridgehead atoms. The van der Waals surface area contributed by atoms with Crippen molar-refractivity contribution in [2.45, 2.75) is 33.2 Å². The number of hydrogen-bond donors (Lipinski definition) is 0. The second-order valence-corrected chi connectivity index (χ2v) is 6.91. The topological polar surface area (TPSA) is 27.7 Å². The van der Waals surface area contributed by atoms with E-state index in [1.807, 2.05) is 12.2 Å². The molecule has 0 aromatic rings. The van der Waals surface area contributed by atoms with Crippen LogP contribution < -0.4 is 0 Å². The molecule has 0 saturated heterocycles. The minimum absolute atomic E-state index is 0. The largest absolute Gasteiger partial charge is 4.00 e. The zero-order valence-corrected chi connectivity index (χ0v) is 18.5. The number of hydrogen-bond acceptors (Lipinski definition) is 3. The first-order valence-electron chi connectivity index (χ1n) is 6.13. The van der Waals surface area contributed by atoms with Gasteiger partial charge in [-0.25, -0.2) is 11.6 Å². The molecule has 0 aliphatic heterocycles. The van der Waals surface area contributed by atoms with Crippen molar-refractivity contribution in [2.24, 2.45) is 0 Å². The van der Waals surface area contributed by atoms with E-state index in [1.54, 1.807) is 20.8 Å². The number of allylic oxidation sites excluding steroid dienone is 7. The van der Waals surface area contributed by atoms with E-state index < -0.39 is 8.80 Å². The van der Waals surface area contributed by atoms with E-state index in [0.29, 0.717) is 23.3 Å². The second-order valence-electron chi connectivity index (χ2n) is 4.58. The molecule has 0 heterocycles. The quantitative estimate of drug-likeness (QED) is 0.238. The molecule has 3 nitrogen and oxygen atoms in total. The summed E-state index contributed by atoms with van der Waals surface area (Å²) in [5, 5.41) is 0. The third-order valence-electron chi connectivity index (χ3n) is 2.16. The van der Waals surface area contributed by atoms with Gasteiger partial charge in [0, 0.05) is 6.04 Å². The Bertz CT molecular complexity index is 412. The molecule has 23 heavy (non-hydrogen) atoms. The molecule has 0 radical (unpaired) electrons. The zero-order chi connectivity index (χ0) is 14.5. The zero-order valence-electron chi connectivity index (χ0n) is 15.2. The van der Waals surface area contributed by atoms with Crippen molar-refractivity contribution in [2.75, 3.05) is 0 Å². The Morgan fingerprint density at radius 2 is 1.39 bits per heavy atom. The van der Waals surface area contributed by atoms with Gasteiger partial charge < -0.3 is 35.6 Å². The van der Waals surface area contributed by atoms with Crippen molar-refractivity contribution < 1.29 is 34.3 Å². The Kier molecular flexibility index (Phi) is 17.5. The van der Waals surface area contributed by atoms with E-state index >= 15 is 0 Å². The van der Waals surface area contributed by atoms with E-state index in [0.717, 1.165) is 12.0 Å². The summed E-state index contributed by atoms with van der Waals surface area (Å²) >= 11 is 0. The molecule has 1 aliphatic rings. The van der Waals surface area contributed by atoms with Gasteiger partial charge in [0.2, 0.25) is 0 Å². The van der Waals surface area contributed by atoms with Crippen LogP contribution in [0.25, 0.3) is 0 Å². The Balaban J connectivity index is -0.000000451. The first-order valence-corrected chi connectivity index (χ1v) is 8.06. The van der Waals surface area contributed by atoms with Crippen LogP contribution in [-0.2, 0) is 34.3 Å². The van der Waals surface area contributed by atoms with Crippen LogP contribution in [0, 0.1) is 28.4 Å². The maximum absolute atomic E-state index is 5.81. The van der Waals surface area contributed by atoms with Crippen LogP contribution in [0.1, 0.15) is 27.2 Å². The second kappa shape index (κ2) is 13.4. The van der Waals surface area contributed by atoms with Crippen LogP contribution in [0.2, 0.25) is 6.04 Å². The van der Waals surface area contributed by atoms with Crippen molar-refractivity contribution in [1.29, 1.82) is 0 Å². The van der Waals surface area contributed by atoms with Gasteiger partial charge in [0.05, 0.1) is 17.3 Å². The van der Waals surface area contributed by atoms with E-state index in [2.05, 4.69) is 25.8 Å². The van der Waals surface area contributed by atoms with Crippen LogP contribution in [0.4, 0.5) is 0 Å². The normalized spacial score (nSPS) is 11.3. The van der Waals surface area contributed by atoms with Gasteiger partial charge in [-0.15, -0.1) is 6.42 Å². The van der Waals surface area contributed by atoms with Gasteiger partial charge >= 0.3 is 29.9 Å². The summed E-state index contributed by atoms with van der Waals surface area (Å²) in [6.07, 6.45) is 8.10. The van der Waals surface area contributed by atoms with E-state index in [4.69, 9.17) is 13.3 Å². The van der Waals surface area contributed by atoms with E-state index in [-0.39, 0.29) is 43.3 Å². The summed E-state index contributed by atoms with van der Waals surface area (Å²) in [6, 6.07) is 0.524. The SMILES string of the molecule is C=C(C)O[Si](CC1=[C-]CC=C1)(OC(=C)C)OC(=C)C.[CH3-].[CH3-].[CH3-].[Pt+4]. The number of rotatable bonds is 8. The average Bonchev–Trinajstić information content (AvgIpc) is 2.65. The van der Waals surface area contributed by atoms with Gasteiger partial charge in [-0.2, -0.15) is 6.08 Å². The van der Waals surface area contributed by atoms with Crippen molar-refractivity contribution in [3.63, 3.8) is 0 Å². The molecule has 5 heteroatoms. The summed E-state index contributed by atoms with van der Waals surface area (Å²) in [5.74, 6) is 1.66. The smallest absolute Gasteiger partial charge is 0.488 e. The molecule has 0 amide bonds. The van der Waals surface area contributed by atoms with Crippen LogP contribution in [0.15, 0.2) is 54.7 Å².